The van der Waals surface area contributed by atoms with E-state index in [2.05, 4.69) is 0 Å². The highest BCUT2D eigenvalue weighted by molar-refractivity contribution is 6.20. The molecule has 0 aliphatic carbocycles. The van der Waals surface area contributed by atoms with Gasteiger partial charge in [0.2, 0.25) is 0 Å². The van der Waals surface area contributed by atoms with Gasteiger partial charge in [0.05, 0.1) is 11.7 Å². The van der Waals surface area contributed by atoms with Crippen molar-refractivity contribution in [2.75, 3.05) is 0 Å². The average molecular weight is 243 g/mol. The number of hydrogen-bond acceptors (Lipinski definition) is 2. The summed E-state index contributed by atoms with van der Waals surface area (Å²) in [6, 6.07) is 6.35. The molecule has 1 unspecified atom stereocenters. The summed E-state index contributed by atoms with van der Waals surface area (Å²) in [5.41, 5.74) is 0.255. The van der Waals surface area contributed by atoms with Crippen LogP contribution >= 0.6 is 11.6 Å². The molecule has 0 radical (unpaired) electrons. The van der Waals surface area contributed by atoms with Gasteiger partial charge in [0.15, 0.2) is 0 Å². The second-order valence-electron chi connectivity index (χ2n) is 3.77. The third kappa shape index (κ3) is 4.11. The fourth-order valence-electron chi connectivity index (χ4n) is 1.41. The molecule has 16 heavy (non-hydrogen) atoms. The van der Waals surface area contributed by atoms with Crippen molar-refractivity contribution in [3.05, 3.63) is 29.8 Å². The molecule has 1 rings (SSSR count). The number of carboxylic acid groups (broad SMARTS) is 1. The van der Waals surface area contributed by atoms with Crippen LogP contribution in [-0.2, 0) is 0 Å². The first-order valence-corrected chi connectivity index (χ1v) is 5.56. The van der Waals surface area contributed by atoms with Crippen molar-refractivity contribution in [3.63, 3.8) is 0 Å². The van der Waals surface area contributed by atoms with Gasteiger partial charge in [-0.25, -0.2) is 4.79 Å². The van der Waals surface area contributed by atoms with Gasteiger partial charge in [-0.2, -0.15) is 0 Å². The Kier molecular flexibility index (Phi) is 4.62. The maximum absolute atomic E-state index is 10.6. The number of hydrogen-bond donors (Lipinski definition) is 1. The molecule has 0 aliphatic rings. The average Bonchev–Trinajstić information content (AvgIpc) is 2.16. The highest BCUT2D eigenvalue weighted by atomic mass is 35.5. The Morgan fingerprint density at radius 1 is 1.38 bits per heavy atom. The number of benzene rings is 1. The van der Waals surface area contributed by atoms with Crippen molar-refractivity contribution in [3.8, 4) is 5.75 Å². The van der Waals surface area contributed by atoms with E-state index >= 15 is 0 Å². The van der Waals surface area contributed by atoms with Gasteiger partial charge >= 0.3 is 5.97 Å². The number of aromatic carboxylic acids is 1. The van der Waals surface area contributed by atoms with E-state index in [1.807, 2.05) is 13.8 Å². The van der Waals surface area contributed by atoms with E-state index in [9.17, 15) is 4.79 Å². The van der Waals surface area contributed by atoms with Crippen molar-refractivity contribution in [2.45, 2.75) is 31.7 Å². The Bertz CT molecular complexity index is 346. The Labute approximate surface area is 100.0 Å². The van der Waals surface area contributed by atoms with Crippen LogP contribution in [-0.4, -0.2) is 22.6 Å². The van der Waals surface area contributed by atoms with Crippen LogP contribution in [0.5, 0.6) is 5.75 Å². The minimum atomic E-state index is -0.936. The van der Waals surface area contributed by atoms with Crippen LogP contribution in [0, 0.1) is 0 Å². The molecular formula is C12H15ClO3. The molecule has 1 aromatic carbocycles. The van der Waals surface area contributed by atoms with E-state index in [0.717, 1.165) is 6.42 Å². The molecule has 0 heterocycles. The van der Waals surface area contributed by atoms with E-state index in [4.69, 9.17) is 21.4 Å². The fraction of sp³-hybridized carbons (Fsp3) is 0.417. The summed E-state index contributed by atoms with van der Waals surface area (Å²) < 4.78 is 5.58. The number of carbonyl (C=O) groups is 1. The van der Waals surface area contributed by atoms with Gasteiger partial charge in [0, 0.05) is 11.8 Å². The summed E-state index contributed by atoms with van der Waals surface area (Å²) in [5, 5.41) is 8.78. The molecule has 2 atom stereocenters. The van der Waals surface area contributed by atoms with Gasteiger partial charge in [0.25, 0.3) is 0 Å². The number of alkyl halides is 1. The van der Waals surface area contributed by atoms with Gasteiger partial charge < -0.3 is 9.84 Å². The molecule has 4 heteroatoms. The molecule has 1 N–H and O–H groups in total. The van der Waals surface area contributed by atoms with Crippen LogP contribution in [0.2, 0.25) is 0 Å². The van der Waals surface area contributed by atoms with E-state index in [1.165, 1.54) is 12.1 Å². The van der Waals surface area contributed by atoms with Gasteiger partial charge in [-0.15, -0.1) is 11.6 Å². The Morgan fingerprint density at radius 2 is 1.94 bits per heavy atom. The summed E-state index contributed by atoms with van der Waals surface area (Å²) >= 11 is 5.85. The van der Waals surface area contributed by atoms with Crippen LogP contribution < -0.4 is 4.74 Å². The summed E-state index contributed by atoms with van der Waals surface area (Å²) in [4.78, 5) is 10.6. The van der Waals surface area contributed by atoms with Crippen LogP contribution in [0.3, 0.4) is 0 Å². The van der Waals surface area contributed by atoms with Crippen LogP contribution in [0.25, 0.3) is 0 Å². The maximum atomic E-state index is 10.6. The first-order valence-electron chi connectivity index (χ1n) is 5.13. The monoisotopic (exact) mass is 242 g/mol. The van der Waals surface area contributed by atoms with Gasteiger partial charge in [-0.3, -0.25) is 0 Å². The van der Waals surface area contributed by atoms with E-state index in [1.54, 1.807) is 12.1 Å². The van der Waals surface area contributed by atoms with Crippen molar-refractivity contribution in [2.24, 2.45) is 0 Å². The predicted octanol–water partition coefficient (Wildman–Crippen LogP) is 3.17. The normalized spacial score (nSPS) is 14.2. The largest absolute Gasteiger partial charge is 0.491 e. The Balaban J connectivity index is 2.58. The van der Waals surface area contributed by atoms with Gasteiger partial charge in [0.1, 0.15) is 5.75 Å². The zero-order chi connectivity index (χ0) is 12.1. The first-order chi connectivity index (χ1) is 7.49. The van der Waals surface area contributed by atoms with Crippen molar-refractivity contribution >= 4 is 17.6 Å². The molecule has 0 fully saturated rings. The third-order valence-electron chi connectivity index (χ3n) is 2.10. The molecular weight excluding hydrogens is 228 g/mol. The van der Waals surface area contributed by atoms with Crippen LogP contribution in [0.15, 0.2) is 24.3 Å². The molecule has 0 aliphatic heterocycles. The van der Waals surface area contributed by atoms with E-state index in [-0.39, 0.29) is 17.0 Å². The summed E-state index contributed by atoms with van der Waals surface area (Å²) in [7, 11) is 0. The molecule has 1 aromatic rings. The summed E-state index contributed by atoms with van der Waals surface area (Å²) in [6.45, 7) is 3.85. The quantitative estimate of drug-likeness (QED) is 0.807. The molecule has 0 aromatic heterocycles. The molecule has 0 spiro atoms. The van der Waals surface area contributed by atoms with Gasteiger partial charge in [-0.1, -0.05) is 0 Å². The molecule has 0 bridgehead atoms. The maximum Gasteiger partial charge on any atom is 0.335 e. The molecule has 3 nitrogen and oxygen atoms in total. The highest BCUT2D eigenvalue weighted by Crippen LogP contribution is 2.16. The second kappa shape index (κ2) is 5.75. The zero-order valence-corrected chi connectivity index (χ0v) is 10.1. The molecule has 0 amide bonds. The smallest absolute Gasteiger partial charge is 0.335 e. The Morgan fingerprint density at radius 3 is 2.38 bits per heavy atom. The summed E-state index contributed by atoms with van der Waals surface area (Å²) in [6.07, 6.45) is 0.769. The van der Waals surface area contributed by atoms with Crippen molar-refractivity contribution in [1.29, 1.82) is 0 Å². The van der Waals surface area contributed by atoms with Crippen LogP contribution in [0.1, 0.15) is 30.6 Å². The second-order valence-corrected chi connectivity index (χ2v) is 4.52. The lowest BCUT2D eigenvalue weighted by Crippen LogP contribution is -2.15. The first kappa shape index (κ1) is 12.8. The zero-order valence-electron chi connectivity index (χ0n) is 9.31. The van der Waals surface area contributed by atoms with E-state index in [0.29, 0.717) is 5.75 Å². The summed E-state index contributed by atoms with van der Waals surface area (Å²) in [5.74, 6) is -0.274. The lowest BCUT2D eigenvalue weighted by molar-refractivity contribution is 0.0697. The fourth-order valence-corrected chi connectivity index (χ4v) is 1.66. The lowest BCUT2D eigenvalue weighted by atomic mass is 10.2. The standard InChI is InChI=1S/C12H15ClO3/c1-8(13)7-9(2)16-11-5-3-10(4-6-11)12(14)15/h3-6,8-9H,7H2,1-2H3,(H,14,15)/t8-,9?/m0/s1. The molecule has 0 saturated heterocycles. The van der Waals surface area contributed by atoms with Crippen molar-refractivity contribution in [1.82, 2.24) is 0 Å². The number of rotatable bonds is 5. The third-order valence-corrected chi connectivity index (χ3v) is 2.27. The number of ether oxygens (including phenoxy) is 1. The molecule has 0 saturated carbocycles. The van der Waals surface area contributed by atoms with Gasteiger partial charge in [-0.05, 0) is 38.1 Å². The topological polar surface area (TPSA) is 46.5 Å². The minimum absolute atomic E-state index is 0.0168. The predicted molar refractivity (Wildman–Crippen MR) is 63.4 cm³/mol. The van der Waals surface area contributed by atoms with E-state index < -0.39 is 5.97 Å². The number of carboxylic acids is 1. The highest BCUT2D eigenvalue weighted by Gasteiger charge is 2.08. The lowest BCUT2D eigenvalue weighted by Gasteiger charge is -2.15. The molecule has 88 valence electrons. The Hall–Kier alpha value is -1.22. The van der Waals surface area contributed by atoms with Crippen molar-refractivity contribution < 1.29 is 14.6 Å². The number of halogens is 1. The van der Waals surface area contributed by atoms with Crippen LogP contribution in [0.4, 0.5) is 0 Å². The SMILES string of the molecule is CC(C[C@H](C)Cl)Oc1ccc(C(=O)O)cc1. The minimum Gasteiger partial charge on any atom is -0.491 e.